The van der Waals surface area contributed by atoms with Crippen LogP contribution in [0.25, 0.3) is 0 Å². The molecule has 0 aromatic heterocycles. The van der Waals surface area contributed by atoms with Crippen LogP contribution < -0.4 is 9.84 Å². The molecule has 0 radical (unpaired) electrons. The molecule has 1 aromatic carbocycles. The van der Waals surface area contributed by atoms with Crippen LogP contribution in [0.5, 0.6) is 5.75 Å². The minimum Gasteiger partial charge on any atom is -0.545 e. The average molecular weight is 205 g/mol. The Hall–Kier alpha value is -1.72. The number of methoxy groups -OCH3 is 1. The Labute approximate surface area is 76.7 Å². The van der Waals surface area contributed by atoms with E-state index in [1.54, 1.807) is 0 Å². The van der Waals surface area contributed by atoms with E-state index in [-0.39, 0.29) is 6.07 Å². The molecule has 0 aliphatic rings. The van der Waals surface area contributed by atoms with Gasteiger partial charge in [0.15, 0.2) is 17.4 Å². The SMILES string of the molecule is COc1c(F)c(F)cc(C(=O)[O-])c1F. The molecule has 76 valence electrons. The topological polar surface area (TPSA) is 49.4 Å². The number of hydrogen-bond acceptors (Lipinski definition) is 3. The first kappa shape index (κ1) is 10.4. The number of rotatable bonds is 2. The largest absolute Gasteiger partial charge is 0.545 e. The maximum absolute atomic E-state index is 13.0. The highest BCUT2D eigenvalue weighted by atomic mass is 19.2. The smallest absolute Gasteiger partial charge is 0.203 e. The molecule has 0 heterocycles. The number of carboxylic acid groups (broad SMARTS) is 1. The first-order chi connectivity index (χ1) is 6.49. The highest BCUT2D eigenvalue weighted by Crippen LogP contribution is 2.26. The van der Waals surface area contributed by atoms with Gasteiger partial charge in [0.05, 0.1) is 13.1 Å². The standard InChI is InChI=1S/C8H5F3O3/c1-14-7-5(10)3(8(12)13)2-4(9)6(7)11/h2H,1H3,(H,12,13)/p-1. The lowest BCUT2D eigenvalue weighted by atomic mass is 10.2. The summed E-state index contributed by atoms with van der Waals surface area (Å²) in [7, 11) is 0.889. The number of ether oxygens (including phenoxy) is 1. The van der Waals surface area contributed by atoms with Crippen LogP contribution in [0, 0.1) is 17.5 Å². The van der Waals surface area contributed by atoms with Crippen LogP contribution in [0.2, 0.25) is 0 Å². The summed E-state index contributed by atoms with van der Waals surface area (Å²) in [4.78, 5) is 10.3. The minimum absolute atomic E-state index is 0.197. The molecule has 0 aliphatic heterocycles. The van der Waals surface area contributed by atoms with Crippen molar-refractivity contribution in [2.75, 3.05) is 7.11 Å². The van der Waals surface area contributed by atoms with Crippen molar-refractivity contribution in [2.45, 2.75) is 0 Å². The summed E-state index contributed by atoms with van der Waals surface area (Å²) in [5.74, 6) is -7.60. The van der Waals surface area contributed by atoms with Crippen LogP contribution in [0.4, 0.5) is 13.2 Å². The summed E-state index contributed by atoms with van der Waals surface area (Å²) in [6.45, 7) is 0. The zero-order chi connectivity index (χ0) is 10.9. The third-order valence-corrected chi connectivity index (χ3v) is 1.54. The zero-order valence-corrected chi connectivity index (χ0v) is 6.94. The Kier molecular flexibility index (Phi) is 2.64. The van der Waals surface area contributed by atoms with Crippen LogP contribution in [0.15, 0.2) is 6.07 Å². The second-order valence-corrected chi connectivity index (χ2v) is 2.35. The van der Waals surface area contributed by atoms with Crippen molar-refractivity contribution >= 4 is 5.97 Å². The second-order valence-electron chi connectivity index (χ2n) is 2.35. The van der Waals surface area contributed by atoms with Crippen molar-refractivity contribution in [2.24, 2.45) is 0 Å². The molecule has 14 heavy (non-hydrogen) atoms. The molecule has 0 atom stereocenters. The van der Waals surface area contributed by atoms with Crippen LogP contribution in [-0.2, 0) is 0 Å². The predicted molar refractivity (Wildman–Crippen MR) is 37.2 cm³/mol. The Morgan fingerprint density at radius 2 is 1.93 bits per heavy atom. The van der Waals surface area contributed by atoms with Gasteiger partial charge in [-0.05, 0) is 6.07 Å². The number of carboxylic acids is 1. The van der Waals surface area contributed by atoms with E-state index < -0.39 is 34.7 Å². The van der Waals surface area contributed by atoms with E-state index >= 15 is 0 Å². The molecule has 1 aromatic rings. The Balaban J connectivity index is 3.50. The maximum Gasteiger partial charge on any atom is 0.203 e. The van der Waals surface area contributed by atoms with Crippen LogP contribution in [0.3, 0.4) is 0 Å². The molecule has 0 spiro atoms. The van der Waals surface area contributed by atoms with E-state index in [0.717, 1.165) is 7.11 Å². The van der Waals surface area contributed by atoms with Crippen LogP contribution in [0.1, 0.15) is 10.4 Å². The van der Waals surface area contributed by atoms with Crippen molar-refractivity contribution < 1.29 is 27.8 Å². The van der Waals surface area contributed by atoms with Gasteiger partial charge in [-0.3, -0.25) is 0 Å². The monoisotopic (exact) mass is 205 g/mol. The molecule has 0 unspecified atom stereocenters. The molecular weight excluding hydrogens is 201 g/mol. The summed E-state index contributed by atoms with van der Waals surface area (Å²) < 4.78 is 42.6. The number of hydrogen-bond donors (Lipinski definition) is 0. The van der Waals surface area contributed by atoms with E-state index in [1.165, 1.54) is 0 Å². The molecule has 0 aliphatic carbocycles. The molecule has 0 saturated heterocycles. The highest BCUT2D eigenvalue weighted by molar-refractivity contribution is 5.86. The van der Waals surface area contributed by atoms with Crippen molar-refractivity contribution in [3.05, 3.63) is 29.1 Å². The fourth-order valence-electron chi connectivity index (χ4n) is 0.908. The normalized spacial score (nSPS) is 10.0. The maximum atomic E-state index is 13.0. The number of aromatic carboxylic acids is 1. The molecular formula is C8H4F3O3-. The lowest BCUT2D eigenvalue weighted by Crippen LogP contribution is -2.24. The van der Waals surface area contributed by atoms with Crippen LogP contribution in [-0.4, -0.2) is 13.1 Å². The summed E-state index contributed by atoms with van der Waals surface area (Å²) in [5, 5.41) is 10.3. The number of carbonyl (C=O) groups is 1. The van der Waals surface area contributed by atoms with E-state index in [2.05, 4.69) is 4.74 Å². The van der Waals surface area contributed by atoms with Gasteiger partial charge in [-0.1, -0.05) is 0 Å². The third kappa shape index (κ3) is 1.50. The number of carbonyl (C=O) groups excluding carboxylic acids is 1. The molecule has 0 N–H and O–H groups in total. The van der Waals surface area contributed by atoms with Gasteiger partial charge in [-0.15, -0.1) is 0 Å². The van der Waals surface area contributed by atoms with Gasteiger partial charge in [0.25, 0.3) is 0 Å². The fraction of sp³-hybridized carbons (Fsp3) is 0.125. The summed E-state index contributed by atoms with van der Waals surface area (Å²) >= 11 is 0. The van der Waals surface area contributed by atoms with E-state index in [0.29, 0.717) is 0 Å². The van der Waals surface area contributed by atoms with Gasteiger partial charge in [-0.2, -0.15) is 4.39 Å². The molecule has 6 heteroatoms. The molecule has 0 amide bonds. The molecule has 3 nitrogen and oxygen atoms in total. The van der Waals surface area contributed by atoms with Crippen molar-refractivity contribution in [1.29, 1.82) is 0 Å². The van der Waals surface area contributed by atoms with E-state index in [9.17, 15) is 23.1 Å². The van der Waals surface area contributed by atoms with E-state index in [4.69, 9.17) is 0 Å². The van der Waals surface area contributed by atoms with Crippen LogP contribution >= 0.6 is 0 Å². The summed E-state index contributed by atoms with van der Waals surface area (Å²) in [6.07, 6.45) is 0. The summed E-state index contributed by atoms with van der Waals surface area (Å²) in [6, 6.07) is 0.197. The van der Waals surface area contributed by atoms with Gasteiger partial charge >= 0.3 is 0 Å². The fourth-order valence-corrected chi connectivity index (χ4v) is 0.908. The first-order valence-electron chi connectivity index (χ1n) is 3.41. The minimum atomic E-state index is -1.94. The summed E-state index contributed by atoms with van der Waals surface area (Å²) in [5.41, 5.74) is -1.08. The van der Waals surface area contributed by atoms with Gasteiger partial charge in [0, 0.05) is 5.56 Å². The van der Waals surface area contributed by atoms with Crippen molar-refractivity contribution in [3.8, 4) is 5.75 Å². The van der Waals surface area contributed by atoms with Gasteiger partial charge in [0.2, 0.25) is 5.82 Å². The number of halogens is 3. The highest BCUT2D eigenvalue weighted by Gasteiger charge is 2.19. The average Bonchev–Trinajstić information content (AvgIpc) is 2.12. The second kappa shape index (κ2) is 3.57. The quantitative estimate of drug-likeness (QED) is 0.659. The lowest BCUT2D eigenvalue weighted by molar-refractivity contribution is -0.255. The van der Waals surface area contributed by atoms with Gasteiger partial charge < -0.3 is 14.6 Å². The first-order valence-corrected chi connectivity index (χ1v) is 3.41. The third-order valence-electron chi connectivity index (χ3n) is 1.54. The molecule has 0 saturated carbocycles. The number of benzene rings is 1. The molecule has 0 bridgehead atoms. The Morgan fingerprint density at radius 1 is 1.36 bits per heavy atom. The Morgan fingerprint density at radius 3 is 2.36 bits per heavy atom. The van der Waals surface area contributed by atoms with E-state index in [1.807, 2.05) is 0 Å². The van der Waals surface area contributed by atoms with Crippen molar-refractivity contribution in [1.82, 2.24) is 0 Å². The van der Waals surface area contributed by atoms with Gasteiger partial charge in [0.1, 0.15) is 0 Å². The van der Waals surface area contributed by atoms with Crippen molar-refractivity contribution in [3.63, 3.8) is 0 Å². The Bertz CT molecular complexity index is 390. The lowest BCUT2D eigenvalue weighted by Gasteiger charge is -2.09. The zero-order valence-electron chi connectivity index (χ0n) is 6.94. The predicted octanol–water partition coefficient (Wildman–Crippen LogP) is 0.476. The molecule has 0 fully saturated rings. The molecule has 1 rings (SSSR count). The van der Waals surface area contributed by atoms with Gasteiger partial charge in [-0.25, -0.2) is 8.78 Å².